The van der Waals surface area contributed by atoms with Crippen LogP contribution in [0.1, 0.15) is 25.7 Å². The molecule has 0 aromatic heterocycles. The third-order valence-electron chi connectivity index (χ3n) is 3.06. The Kier molecular flexibility index (Phi) is 5.96. The maximum atomic E-state index is 5.54. The van der Waals surface area contributed by atoms with E-state index in [4.69, 9.17) is 30.2 Å². The van der Waals surface area contributed by atoms with Gasteiger partial charge in [-0.3, -0.25) is 0 Å². The molecule has 2 aliphatic rings. The maximum absolute atomic E-state index is 5.54. The lowest BCUT2D eigenvalue weighted by Gasteiger charge is -2.39. The minimum atomic E-state index is 0.435. The molecule has 2 rings (SSSR count). The first-order valence-corrected chi connectivity index (χ1v) is 9.13. The minimum absolute atomic E-state index is 0.435. The molecule has 0 spiro atoms. The van der Waals surface area contributed by atoms with Crippen LogP contribution < -0.4 is 5.73 Å². The van der Waals surface area contributed by atoms with Gasteiger partial charge in [0, 0.05) is 26.2 Å². The van der Waals surface area contributed by atoms with E-state index in [2.05, 4.69) is 15.1 Å². The van der Waals surface area contributed by atoms with E-state index in [0.717, 1.165) is 30.5 Å². The van der Waals surface area contributed by atoms with E-state index in [1.54, 1.807) is 0 Å². The Bertz CT molecular complexity index is 297. The lowest BCUT2D eigenvalue weighted by molar-refractivity contribution is -0.0940. The smallest absolute Gasteiger partial charge is 0.178 e. The molecule has 0 saturated carbocycles. The van der Waals surface area contributed by atoms with Gasteiger partial charge in [0.2, 0.25) is 0 Å². The van der Waals surface area contributed by atoms with E-state index in [-0.39, 0.29) is 0 Å². The van der Waals surface area contributed by atoms with Crippen molar-refractivity contribution in [2.24, 2.45) is 5.73 Å². The predicted molar refractivity (Wildman–Crippen MR) is 88.0 cm³/mol. The summed E-state index contributed by atoms with van der Waals surface area (Å²) in [5.41, 5.74) is 5.52. The average molecular weight is 323 g/mol. The molecule has 0 unspecified atom stereocenters. The van der Waals surface area contributed by atoms with Crippen LogP contribution in [-0.2, 0) is 0 Å². The number of hydrogen-bond acceptors (Lipinski definition) is 6. The third-order valence-corrected chi connectivity index (χ3v) is 6.17. The molecule has 0 radical (unpaired) electrons. The predicted octanol–water partition coefficient (Wildman–Crippen LogP) is 2.22. The van der Waals surface area contributed by atoms with Gasteiger partial charge < -0.3 is 5.73 Å². The monoisotopic (exact) mass is 322 g/mol. The van der Waals surface area contributed by atoms with E-state index in [0.29, 0.717) is 4.32 Å². The van der Waals surface area contributed by atoms with E-state index >= 15 is 0 Å². The fourth-order valence-corrected chi connectivity index (χ4v) is 4.25. The van der Waals surface area contributed by atoms with Crippen LogP contribution >= 0.6 is 46.0 Å². The molecule has 2 N–H and O–H groups in total. The first kappa shape index (κ1) is 14.8. The Labute approximate surface area is 127 Å². The maximum Gasteiger partial charge on any atom is 0.178 e. The van der Waals surface area contributed by atoms with Crippen LogP contribution in [0.15, 0.2) is 0 Å². The fourth-order valence-electron chi connectivity index (χ4n) is 2.30. The van der Waals surface area contributed by atoms with Crippen LogP contribution in [0.4, 0.5) is 0 Å². The van der Waals surface area contributed by atoms with Crippen LogP contribution in [-0.4, -0.2) is 50.0 Å². The van der Waals surface area contributed by atoms with Crippen molar-refractivity contribution in [3.63, 3.8) is 0 Å². The zero-order chi connectivity index (χ0) is 13.0. The molecule has 0 amide bonds. The van der Waals surface area contributed by atoms with E-state index in [9.17, 15) is 0 Å². The minimum Gasteiger partial charge on any atom is -0.384 e. The SMILES string of the molecule is NC(=S)SSC(=S)N(N1CCCC1)N1CCCC1. The second kappa shape index (κ2) is 7.25. The molecule has 0 bridgehead atoms. The van der Waals surface area contributed by atoms with Crippen molar-refractivity contribution >= 4 is 54.7 Å². The summed E-state index contributed by atoms with van der Waals surface area (Å²) in [4.78, 5) is 0. The highest BCUT2D eigenvalue weighted by atomic mass is 33.1. The topological polar surface area (TPSA) is 35.7 Å². The first-order chi connectivity index (χ1) is 8.68. The van der Waals surface area contributed by atoms with Gasteiger partial charge in [-0.1, -0.05) is 12.2 Å². The number of hydrazine groups is 2. The number of thiocarbonyl (C=S) groups is 2. The van der Waals surface area contributed by atoms with Crippen LogP contribution in [0.2, 0.25) is 0 Å². The number of rotatable bonds is 2. The third kappa shape index (κ3) is 3.94. The summed E-state index contributed by atoms with van der Waals surface area (Å²) in [7, 11) is 2.87. The molecular formula is C10H18N4S4. The Balaban J connectivity index is 1.98. The Morgan fingerprint density at radius 2 is 1.33 bits per heavy atom. The van der Waals surface area contributed by atoms with Crippen molar-refractivity contribution in [3.05, 3.63) is 0 Å². The van der Waals surface area contributed by atoms with Gasteiger partial charge in [0.05, 0.1) is 0 Å². The Morgan fingerprint density at radius 3 is 1.72 bits per heavy atom. The van der Waals surface area contributed by atoms with Crippen LogP contribution in [0, 0.1) is 0 Å². The lowest BCUT2D eigenvalue weighted by atomic mass is 10.4. The van der Waals surface area contributed by atoms with Crippen molar-refractivity contribution in [1.29, 1.82) is 0 Å². The lowest BCUT2D eigenvalue weighted by Crippen LogP contribution is -2.52. The summed E-state index contributed by atoms with van der Waals surface area (Å²) >= 11 is 10.4. The van der Waals surface area contributed by atoms with Crippen molar-refractivity contribution < 1.29 is 0 Å². The second-order valence-corrected chi connectivity index (χ2v) is 7.87. The zero-order valence-electron chi connectivity index (χ0n) is 10.2. The number of nitrogens with zero attached hydrogens (tertiary/aromatic N) is 3. The molecule has 2 aliphatic heterocycles. The van der Waals surface area contributed by atoms with Gasteiger partial charge in [-0.25, -0.2) is 15.1 Å². The Hall–Kier alpha value is 0.400. The largest absolute Gasteiger partial charge is 0.384 e. The standard InChI is InChI=1S/C10H18N4S4/c11-9(15)17-18-10(16)14(12-5-1-2-6-12)13-7-3-4-8-13/h1-8H2,(H2,11,15). The van der Waals surface area contributed by atoms with Gasteiger partial charge >= 0.3 is 0 Å². The van der Waals surface area contributed by atoms with Gasteiger partial charge in [0.1, 0.15) is 4.32 Å². The number of hydrogen-bond donors (Lipinski definition) is 1. The molecule has 0 aromatic rings. The van der Waals surface area contributed by atoms with Crippen molar-refractivity contribution in [1.82, 2.24) is 15.1 Å². The highest BCUT2D eigenvalue weighted by Crippen LogP contribution is 2.29. The van der Waals surface area contributed by atoms with Gasteiger partial charge in [0.15, 0.2) is 4.32 Å². The summed E-state index contributed by atoms with van der Waals surface area (Å²) in [6.07, 6.45) is 5.00. The second-order valence-electron chi connectivity index (χ2n) is 4.36. The molecule has 0 aromatic carbocycles. The molecule has 18 heavy (non-hydrogen) atoms. The molecule has 2 saturated heterocycles. The quantitative estimate of drug-likeness (QED) is 0.612. The van der Waals surface area contributed by atoms with Crippen LogP contribution in [0.3, 0.4) is 0 Å². The molecule has 0 aliphatic carbocycles. The van der Waals surface area contributed by atoms with Gasteiger partial charge in [-0.05, 0) is 59.5 Å². The first-order valence-electron chi connectivity index (χ1n) is 6.16. The van der Waals surface area contributed by atoms with E-state index in [1.807, 2.05) is 0 Å². The summed E-state index contributed by atoms with van der Waals surface area (Å²) < 4.78 is 1.28. The highest BCUT2D eigenvalue weighted by molar-refractivity contribution is 8.89. The normalized spacial score (nSPS) is 21.3. The van der Waals surface area contributed by atoms with Gasteiger partial charge in [-0.15, -0.1) is 0 Å². The summed E-state index contributed by atoms with van der Waals surface area (Å²) in [5.74, 6) is 0. The Morgan fingerprint density at radius 1 is 0.889 bits per heavy atom. The molecule has 4 nitrogen and oxygen atoms in total. The summed E-state index contributed by atoms with van der Waals surface area (Å²) in [5, 5.41) is 6.88. The number of nitrogens with two attached hydrogens (primary N) is 1. The molecule has 8 heteroatoms. The van der Waals surface area contributed by atoms with Gasteiger partial charge in [-0.2, -0.15) is 0 Å². The van der Waals surface area contributed by atoms with E-state index in [1.165, 1.54) is 47.3 Å². The van der Waals surface area contributed by atoms with Crippen molar-refractivity contribution in [3.8, 4) is 0 Å². The molecule has 2 heterocycles. The zero-order valence-corrected chi connectivity index (χ0v) is 13.5. The van der Waals surface area contributed by atoms with Gasteiger partial charge in [0.25, 0.3) is 0 Å². The summed E-state index contributed by atoms with van der Waals surface area (Å²) in [6.45, 7) is 4.37. The summed E-state index contributed by atoms with van der Waals surface area (Å²) in [6, 6.07) is 0. The highest BCUT2D eigenvalue weighted by Gasteiger charge is 2.29. The average Bonchev–Trinajstić information content (AvgIpc) is 2.99. The molecule has 2 fully saturated rings. The van der Waals surface area contributed by atoms with E-state index < -0.39 is 0 Å². The van der Waals surface area contributed by atoms with Crippen molar-refractivity contribution in [2.45, 2.75) is 25.7 Å². The molecular weight excluding hydrogens is 304 g/mol. The van der Waals surface area contributed by atoms with Crippen LogP contribution in [0.25, 0.3) is 0 Å². The van der Waals surface area contributed by atoms with Crippen LogP contribution in [0.5, 0.6) is 0 Å². The molecule has 0 atom stereocenters. The molecule has 102 valence electrons. The van der Waals surface area contributed by atoms with Crippen molar-refractivity contribution in [2.75, 3.05) is 26.2 Å². The fraction of sp³-hybridized carbons (Fsp3) is 0.800.